The second-order valence-corrected chi connectivity index (χ2v) is 6.02. The van der Waals surface area contributed by atoms with Crippen LogP contribution in [-0.2, 0) is 0 Å². The lowest BCUT2D eigenvalue weighted by Gasteiger charge is -2.24. The molecule has 1 heterocycles. The Morgan fingerprint density at radius 2 is 2.17 bits per heavy atom. The maximum Gasteiger partial charge on any atom is 0.151 e. The molecule has 1 atom stereocenters. The minimum absolute atomic E-state index is 0.547. The number of anilines is 1. The van der Waals surface area contributed by atoms with Gasteiger partial charge in [-0.1, -0.05) is 0 Å². The molecule has 0 aromatic heterocycles. The molecule has 1 fully saturated rings. The van der Waals surface area contributed by atoms with Crippen molar-refractivity contribution in [1.29, 1.82) is 0 Å². The number of carbonyl (C=O) groups excluding carboxylic acids is 1. The maximum atomic E-state index is 10.8. The predicted molar refractivity (Wildman–Crippen MR) is 76.2 cm³/mol. The average Bonchev–Trinajstić information content (AvgIpc) is 2.50. The maximum absolute atomic E-state index is 10.8. The fourth-order valence-electron chi connectivity index (χ4n) is 2.33. The van der Waals surface area contributed by atoms with E-state index in [0.29, 0.717) is 5.56 Å². The topological polar surface area (TPSA) is 40.5 Å². The van der Waals surface area contributed by atoms with Crippen LogP contribution in [0.5, 0.6) is 0 Å². The van der Waals surface area contributed by atoms with Crippen molar-refractivity contribution in [2.24, 2.45) is 0 Å². The fourth-order valence-corrected chi connectivity index (χ4v) is 2.79. The highest BCUT2D eigenvalue weighted by Gasteiger charge is 2.25. The largest absolute Gasteiger partial charge is 0.390 e. The van der Waals surface area contributed by atoms with Crippen LogP contribution in [0.1, 0.15) is 36.5 Å². The van der Waals surface area contributed by atoms with Crippen LogP contribution in [0, 0.1) is 0 Å². The number of benzene rings is 1. The summed E-state index contributed by atoms with van der Waals surface area (Å²) in [6, 6.07) is 5.77. The van der Waals surface area contributed by atoms with E-state index in [1.807, 2.05) is 25.1 Å². The molecule has 1 N–H and O–H groups in total. The summed E-state index contributed by atoms with van der Waals surface area (Å²) in [5, 5.41) is 10.1. The van der Waals surface area contributed by atoms with Gasteiger partial charge in [0.15, 0.2) is 6.29 Å². The van der Waals surface area contributed by atoms with Crippen molar-refractivity contribution in [3.05, 3.63) is 28.2 Å². The number of carbonyl (C=O) groups is 1. The van der Waals surface area contributed by atoms with E-state index in [1.165, 1.54) is 0 Å². The highest BCUT2D eigenvalue weighted by atomic mass is 79.9. The zero-order valence-corrected chi connectivity index (χ0v) is 12.1. The Morgan fingerprint density at radius 1 is 1.39 bits per heavy atom. The molecule has 0 saturated carbocycles. The van der Waals surface area contributed by atoms with Gasteiger partial charge in [0.1, 0.15) is 0 Å². The van der Waals surface area contributed by atoms with E-state index in [4.69, 9.17) is 0 Å². The van der Waals surface area contributed by atoms with E-state index in [1.54, 1.807) is 0 Å². The Hall–Kier alpha value is -0.870. The van der Waals surface area contributed by atoms with Gasteiger partial charge < -0.3 is 10.0 Å². The minimum Gasteiger partial charge on any atom is -0.390 e. The van der Waals surface area contributed by atoms with Gasteiger partial charge in [0, 0.05) is 28.8 Å². The fraction of sp³-hybridized carbons (Fsp3) is 0.500. The van der Waals surface area contributed by atoms with Crippen LogP contribution in [0.3, 0.4) is 0 Å². The zero-order chi connectivity index (χ0) is 13.2. The van der Waals surface area contributed by atoms with Crippen molar-refractivity contribution < 1.29 is 9.90 Å². The third-order valence-corrected chi connectivity index (χ3v) is 4.23. The van der Waals surface area contributed by atoms with Gasteiger partial charge in [-0.15, -0.1) is 0 Å². The van der Waals surface area contributed by atoms with Crippen molar-refractivity contribution in [1.82, 2.24) is 0 Å². The quantitative estimate of drug-likeness (QED) is 0.854. The molecule has 1 aliphatic rings. The summed E-state index contributed by atoms with van der Waals surface area (Å²) in [5.74, 6) is 0. The van der Waals surface area contributed by atoms with Crippen LogP contribution >= 0.6 is 15.9 Å². The lowest BCUT2D eigenvalue weighted by Crippen LogP contribution is -2.28. The zero-order valence-electron chi connectivity index (χ0n) is 10.5. The molecular weight excluding hydrogens is 294 g/mol. The van der Waals surface area contributed by atoms with Crippen LogP contribution in [-0.4, -0.2) is 30.1 Å². The molecule has 4 heteroatoms. The number of aliphatic hydroxyl groups is 1. The van der Waals surface area contributed by atoms with Crippen molar-refractivity contribution in [2.75, 3.05) is 18.0 Å². The van der Waals surface area contributed by atoms with E-state index in [2.05, 4.69) is 20.8 Å². The second-order valence-electron chi connectivity index (χ2n) is 5.16. The Labute approximate surface area is 116 Å². The molecule has 1 aromatic rings. The molecule has 3 nitrogen and oxygen atoms in total. The van der Waals surface area contributed by atoms with Gasteiger partial charge in [-0.25, -0.2) is 0 Å². The predicted octanol–water partition coefficient (Wildman–Crippen LogP) is 3.00. The number of rotatable bonds is 2. The summed E-state index contributed by atoms with van der Waals surface area (Å²) in [4.78, 5) is 13.0. The Balaban J connectivity index is 2.16. The van der Waals surface area contributed by atoms with Crippen molar-refractivity contribution in [3.63, 3.8) is 0 Å². The van der Waals surface area contributed by atoms with E-state index >= 15 is 0 Å². The van der Waals surface area contributed by atoms with Crippen LogP contribution < -0.4 is 4.90 Å². The molecule has 1 saturated heterocycles. The van der Waals surface area contributed by atoms with Crippen molar-refractivity contribution >= 4 is 27.9 Å². The molecule has 1 aliphatic heterocycles. The SMILES string of the molecule is CC1(O)CCCN(c2ccc(C=O)c(Br)c2)CC1. The molecule has 18 heavy (non-hydrogen) atoms. The molecule has 0 amide bonds. The van der Waals surface area contributed by atoms with Gasteiger partial charge in [0.05, 0.1) is 5.60 Å². The molecule has 1 aromatic carbocycles. The first-order valence-corrected chi connectivity index (χ1v) is 7.03. The smallest absolute Gasteiger partial charge is 0.151 e. The standard InChI is InChI=1S/C14H18BrNO2/c1-14(18)5-2-7-16(8-6-14)12-4-3-11(10-17)13(15)9-12/h3-4,9-10,18H,2,5-8H2,1H3. The Bertz CT molecular complexity index is 445. The third kappa shape index (κ3) is 3.12. The number of aldehydes is 1. The molecule has 0 bridgehead atoms. The molecule has 2 rings (SSSR count). The number of hydrogen-bond acceptors (Lipinski definition) is 3. The first-order valence-electron chi connectivity index (χ1n) is 6.24. The lowest BCUT2D eigenvalue weighted by atomic mass is 9.98. The summed E-state index contributed by atoms with van der Waals surface area (Å²) in [7, 11) is 0. The van der Waals surface area contributed by atoms with Gasteiger partial charge in [-0.05, 0) is 60.3 Å². The Kier molecular flexibility index (Phi) is 4.07. The van der Waals surface area contributed by atoms with Crippen LogP contribution in [0.4, 0.5) is 5.69 Å². The molecular formula is C14H18BrNO2. The summed E-state index contributed by atoms with van der Waals surface area (Å²) in [6.45, 7) is 3.70. The molecule has 0 spiro atoms. The van der Waals surface area contributed by atoms with Crippen LogP contribution in [0.2, 0.25) is 0 Å². The molecule has 0 aliphatic carbocycles. The first kappa shape index (κ1) is 13.6. The normalized spacial score (nSPS) is 24.7. The highest BCUT2D eigenvalue weighted by molar-refractivity contribution is 9.10. The van der Waals surface area contributed by atoms with Crippen molar-refractivity contribution in [3.8, 4) is 0 Å². The van der Waals surface area contributed by atoms with Gasteiger partial charge in [0.2, 0.25) is 0 Å². The number of halogens is 1. The summed E-state index contributed by atoms with van der Waals surface area (Å²) in [6.07, 6.45) is 3.46. The van der Waals surface area contributed by atoms with E-state index in [0.717, 1.165) is 48.8 Å². The average molecular weight is 312 g/mol. The van der Waals surface area contributed by atoms with Crippen molar-refractivity contribution in [2.45, 2.75) is 31.8 Å². The first-order chi connectivity index (χ1) is 8.52. The van der Waals surface area contributed by atoms with E-state index in [-0.39, 0.29) is 0 Å². The van der Waals surface area contributed by atoms with Gasteiger partial charge in [0.25, 0.3) is 0 Å². The summed E-state index contributed by atoms with van der Waals surface area (Å²) in [5.41, 5.74) is 1.22. The summed E-state index contributed by atoms with van der Waals surface area (Å²) >= 11 is 3.41. The molecule has 0 radical (unpaired) electrons. The number of nitrogens with zero attached hydrogens (tertiary/aromatic N) is 1. The molecule has 1 unspecified atom stereocenters. The van der Waals surface area contributed by atoms with Gasteiger partial charge >= 0.3 is 0 Å². The van der Waals surface area contributed by atoms with Crippen LogP contribution in [0.15, 0.2) is 22.7 Å². The van der Waals surface area contributed by atoms with E-state index in [9.17, 15) is 9.90 Å². The Morgan fingerprint density at radius 3 is 2.83 bits per heavy atom. The lowest BCUT2D eigenvalue weighted by molar-refractivity contribution is 0.0481. The van der Waals surface area contributed by atoms with Crippen LogP contribution in [0.25, 0.3) is 0 Å². The van der Waals surface area contributed by atoms with Gasteiger partial charge in [-0.3, -0.25) is 4.79 Å². The van der Waals surface area contributed by atoms with E-state index < -0.39 is 5.60 Å². The highest BCUT2D eigenvalue weighted by Crippen LogP contribution is 2.28. The number of hydrogen-bond donors (Lipinski definition) is 1. The minimum atomic E-state index is -0.547. The van der Waals surface area contributed by atoms with Gasteiger partial charge in [-0.2, -0.15) is 0 Å². The molecule has 98 valence electrons. The monoisotopic (exact) mass is 311 g/mol. The third-order valence-electron chi connectivity index (χ3n) is 3.54. The summed E-state index contributed by atoms with van der Waals surface area (Å²) < 4.78 is 0.825. The second kappa shape index (κ2) is 5.41.